The number of nitro benzene ring substituents is 1. The summed E-state index contributed by atoms with van der Waals surface area (Å²) < 4.78 is 8.15. The molecule has 5 rings (SSSR count). The second kappa shape index (κ2) is 10.7. The van der Waals surface area contributed by atoms with Crippen molar-refractivity contribution < 1.29 is 19.2 Å². The van der Waals surface area contributed by atoms with Crippen LogP contribution in [0.15, 0.2) is 88.8 Å². The van der Waals surface area contributed by atoms with Crippen molar-refractivity contribution in [3.63, 3.8) is 0 Å². The van der Waals surface area contributed by atoms with Crippen molar-refractivity contribution >= 4 is 34.2 Å². The van der Waals surface area contributed by atoms with E-state index in [0.717, 1.165) is 5.56 Å². The van der Waals surface area contributed by atoms with E-state index in [9.17, 15) is 24.5 Å². The van der Waals surface area contributed by atoms with Gasteiger partial charge in [0.15, 0.2) is 5.49 Å². The maximum absolute atomic E-state index is 13.5. The Morgan fingerprint density at radius 3 is 2.50 bits per heavy atom. The number of esters is 1. The van der Waals surface area contributed by atoms with Gasteiger partial charge in [0.2, 0.25) is 0 Å². The number of nitro groups is 1. The zero-order valence-electron chi connectivity index (χ0n) is 21.6. The highest BCUT2D eigenvalue weighted by Crippen LogP contribution is 2.22. The molecule has 0 radical (unpaired) electrons. The highest BCUT2D eigenvalue weighted by molar-refractivity contribution is 5.98. The average Bonchev–Trinajstić information content (AvgIpc) is 2.95. The number of carbonyl (C=O) groups excluding carboxylic acids is 2. The van der Waals surface area contributed by atoms with Gasteiger partial charge in [0.25, 0.3) is 17.2 Å². The van der Waals surface area contributed by atoms with Crippen LogP contribution in [0.4, 0.5) is 5.69 Å². The van der Waals surface area contributed by atoms with Crippen LogP contribution >= 0.6 is 0 Å². The van der Waals surface area contributed by atoms with Crippen LogP contribution in [0.2, 0.25) is 0 Å². The van der Waals surface area contributed by atoms with Gasteiger partial charge in [-0.2, -0.15) is 4.99 Å². The Morgan fingerprint density at radius 1 is 1.02 bits per heavy atom. The summed E-state index contributed by atoms with van der Waals surface area (Å²) >= 11 is 0. The second-order valence-corrected chi connectivity index (χ2v) is 8.88. The molecular formula is C29H23N5O6. The molecule has 0 aliphatic heterocycles. The molecule has 0 saturated heterocycles. The summed E-state index contributed by atoms with van der Waals surface area (Å²) in [5.41, 5.74) is 0.644. The maximum atomic E-state index is 13.5. The first kappa shape index (κ1) is 26.2. The summed E-state index contributed by atoms with van der Waals surface area (Å²) in [4.78, 5) is 60.1. The van der Waals surface area contributed by atoms with Crippen molar-refractivity contribution in [2.45, 2.75) is 20.4 Å². The van der Waals surface area contributed by atoms with E-state index in [1.807, 2.05) is 30.3 Å². The normalized spacial score (nSPS) is 11.6. The third-order valence-corrected chi connectivity index (χ3v) is 6.41. The molecule has 0 spiro atoms. The second-order valence-electron chi connectivity index (χ2n) is 8.88. The van der Waals surface area contributed by atoms with Gasteiger partial charge in [-0.1, -0.05) is 42.5 Å². The van der Waals surface area contributed by atoms with Gasteiger partial charge in [-0.15, -0.1) is 0 Å². The highest BCUT2D eigenvalue weighted by atomic mass is 16.6. The van der Waals surface area contributed by atoms with Crippen LogP contribution < -0.4 is 11.0 Å². The summed E-state index contributed by atoms with van der Waals surface area (Å²) in [5.74, 6) is -1.59. The maximum Gasteiger partial charge on any atom is 0.341 e. The van der Waals surface area contributed by atoms with E-state index >= 15 is 0 Å². The van der Waals surface area contributed by atoms with Crippen LogP contribution in [0.25, 0.3) is 16.7 Å². The highest BCUT2D eigenvalue weighted by Gasteiger charge is 2.22. The lowest BCUT2D eigenvalue weighted by molar-refractivity contribution is -0.385. The van der Waals surface area contributed by atoms with Crippen LogP contribution in [-0.4, -0.2) is 37.4 Å². The summed E-state index contributed by atoms with van der Waals surface area (Å²) in [6.45, 7) is 3.25. The van der Waals surface area contributed by atoms with Crippen molar-refractivity contribution in [2.75, 3.05) is 6.61 Å². The minimum atomic E-state index is -0.801. The average molecular weight is 538 g/mol. The van der Waals surface area contributed by atoms with E-state index in [4.69, 9.17) is 4.74 Å². The molecule has 3 heterocycles. The van der Waals surface area contributed by atoms with E-state index in [2.05, 4.69) is 9.98 Å². The predicted octanol–water partition coefficient (Wildman–Crippen LogP) is 3.83. The minimum Gasteiger partial charge on any atom is -0.462 e. The number of nitrogens with zero attached hydrogens (tertiary/aromatic N) is 5. The Hall–Kier alpha value is -5.45. The fourth-order valence-electron chi connectivity index (χ4n) is 4.48. The molecule has 0 unspecified atom stereocenters. The van der Waals surface area contributed by atoms with Crippen LogP contribution in [0, 0.1) is 17.0 Å². The Morgan fingerprint density at radius 2 is 1.77 bits per heavy atom. The van der Waals surface area contributed by atoms with Crippen molar-refractivity contribution in [3.05, 3.63) is 127 Å². The standard InChI is InChI=1S/C29H23N5O6/c1-3-40-29(37)22-16-21-25(30-24-14-7-8-15-32(24)28(21)36)33(17-19-10-5-4-6-11-19)26(22)31-27(35)20-12-9-13-23(18(20)2)34(38)39/h4-16H,3,17H2,1-2H3. The number of fused-ring (bicyclic) bond motifs is 2. The molecule has 0 aliphatic rings. The first-order chi connectivity index (χ1) is 19.3. The summed E-state index contributed by atoms with van der Waals surface area (Å²) in [6.07, 6.45) is 1.57. The number of rotatable bonds is 6. The van der Waals surface area contributed by atoms with E-state index < -0.39 is 22.4 Å². The molecule has 0 fully saturated rings. The van der Waals surface area contributed by atoms with E-state index in [1.165, 1.54) is 40.2 Å². The Labute approximate surface area is 226 Å². The molecule has 5 aromatic rings. The molecule has 11 heteroatoms. The third-order valence-electron chi connectivity index (χ3n) is 6.41. The van der Waals surface area contributed by atoms with E-state index in [-0.39, 0.29) is 52.1 Å². The fraction of sp³-hybridized carbons (Fsp3) is 0.138. The number of benzene rings is 2. The molecule has 0 atom stereocenters. The van der Waals surface area contributed by atoms with Gasteiger partial charge in [0, 0.05) is 17.8 Å². The lowest BCUT2D eigenvalue weighted by Gasteiger charge is -2.15. The van der Waals surface area contributed by atoms with Gasteiger partial charge >= 0.3 is 5.97 Å². The molecule has 2 aromatic carbocycles. The monoisotopic (exact) mass is 537 g/mol. The van der Waals surface area contributed by atoms with Crippen LogP contribution in [-0.2, 0) is 11.3 Å². The summed E-state index contributed by atoms with van der Waals surface area (Å²) in [5, 5.41) is 11.6. The molecule has 40 heavy (non-hydrogen) atoms. The predicted molar refractivity (Wildman–Crippen MR) is 146 cm³/mol. The van der Waals surface area contributed by atoms with Crippen LogP contribution in [0.5, 0.6) is 0 Å². The Kier molecular flexibility index (Phi) is 7.02. The smallest absolute Gasteiger partial charge is 0.341 e. The van der Waals surface area contributed by atoms with Crippen molar-refractivity contribution in [1.29, 1.82) is 0 Å². The zero-order valence-corrected chi connectivity index (χ0v) is 21.6. The lowest BCUT2D eigenvalue weighted by Crippen LogP contribution is -2.33. The van der Waals surface area contributed by atoms with Crippen LogP contribution in [0.1, 0.15) is 38.8 Å². The molecule has 200 valence electrons. The topological polar surface area (TPSA) is 138 Å². The molecule has 0 N–H and O–H groups in total. The van der Waals surface area contributed by atoms with Gasteiger partial charge in [0.05, 0.1) is 29.0 Å². The SMILES string of the molecule is CCOC(=O)c1cc2c(=O)n3ccccc3nc2n(Cc2ccccc2)c1=NC(=O)c1cccc([N+](=O)[O-])c1C. The summed E-state index contributed by atoms with van der Waals surface area (Å²) in [7, 11) is 0. The quantitative estimate of drug-likeness (QED) is 0.139. The number of ether oxygens (including phenoxy) is 1. The third kappa shape index (κ3) is 4.75. The number of carbonyl (C=O) groups is 2. The van der Waals surface area contributed by atoms with Gasteiger partial charge in [0.1, 0.15) is 16.9 Å². The van der Waals surface area contributed by atoms with Gasteiger partial charge in [-0.25, -0.2) is 9.78 Å². The molecule has 3 aromatic heterocycles. The summed E-state index contributed by atoms with van der Waals surface area (Å²) in [6, 6.07) is 19.8. The van der Waals surface area contributed by atoms with Crippen molar-refractivity contribution in [3.8, 4) is 0 Å². The van der Waals surface area contributed by atoms with Gasteiger partial charge in [-0.3, -0.25) is 24.1 Å². The number of hydrogen-bond acceptors (Lipinski definition) is 7. The molecule has 11 nitrogen and oxygen atoms in total. The molecule has 0 saturated carbocycles. The molecular weight excluding hydrogens is 514 g/mol. The fourth-order valence-corrected chi connectivity index (χ4v) is 4.48. The number of pyridine rings is 2. The lowest BCUT2D eigenvalue weighted by atomic mass is 10.1. The molecule has 1 amide bonds. The first-order valence-electron chi connectivity index (χ1n) is 12.4. The van der Waals surface area contributed by atoms with Gasteiger partial charge in [-0.05, 0) is 43.7 Å². The Bertz CT molecular complexity index is 1940. The minimum absolute atomic E-state index is 0.00177. The van der Waals surface area contributed by atoms with Gasteiger partial charge < -0.3 is 9.30 Å². The molecule has 0 bridgehead atoms. The number of aromatic nitrogens is 3. The zero-order chi connectivity index (χ0) is 28.4. The number of hydrogen-bond donors (Lipinski definition) is 0. The largest absolute Gasteiger partial charge is 0.462 e. The molecule has 0 aliphatic carbocycles. The van der Waals surface area contributed by atoms with Crippen molar-refractivity contribution in [2.24, 2.45) is 4.99 Å². The number of amides is 1. The van der Waals surface area contributed by atoms with Crippen molar-refractivity contribution in [1.82, 2.24) is 14.0 Å². The first-order valence-corrected chi connectivity index (χ1v) is 12.4. The van der Waals surface area contributed by atoms with E-state index in [1.54, 1.807) is 31.3 Å². The van der Waals surface area contributed by atoms with E-state index in [0.29, 0.717) is 5.65 Å². The van der Waals surface area contributed by atoms with Crippen LogP contribution in [0.3, 0.4) is 0 Å². The Balaban J connectivity index is 1.90.